The summed E-state index contributed by atoms with van der Waals surface area (Å²) < 4.78 is 19.9. The number of hydrogen-bond acceptors (Lipinski definition) is 3. The summed E-state index contributed by atoms with van der Waals surface area (Å²) >= 11 is 0. The Morgan fingerprint density at radius 2 is 1.41 bits per heavy atom. The minimum absolute atomic E-state index is 0.408. The Morgan fingerprint density at radius 3 is 2.06 bits per heavy atom. The molecule has 1 heterocycles. The fraction of sp³-hybridized carbons (Fsp3) is 0.667. The molecule has 2 aromatic rings. The van der Waals surface area contributed by atoms with E-state index in [1.807, 2.05) is 36.7 Å². The molecule has 0 saturated carbocycles. The number of hydrogen-bond donors (Lipinski definition) is 0. The lowest BCUT2D eigenvalue weighted by atomic mass is 9.97. The number of aromatic nitrogens is 2. The predicted octanol–water partition coefficient (Wildman–Crippen LogP) is 9.15. The zero-order chi connectivity index (χ0) is 24.4. The quantitative estimate of drug-likeness (QED) is 0.192. The van der Waals surface area contributed by atoms with E-state index in [9.17, 15) is 4.39 Å². The maximum Gasteiger partial charge on any atom is 0.159 e. The smallest absolute Gasteiger partial charge is 0.159 e. The Morgan fingerprint density at radius 1 is 0.794 bits per heavy atom. The molecule has 0 bridgehead atoms. The third-order valence-electron chi connectivity index (χ3n) is 6.55. The molecule has 0 aliphatic rings. The number of ether oxygens (including phenoxy) is 1. The average molecular weight is 471 g/mol. The standard InChI is InChI=1S/C30H47FN2O/c1-4-6-8-9-10-11-12-13-15-26-23-32-30(33-24-26)27-16-18-29(19-17-27)34-21-20-28(31)22-25(3)14-7-5-2/h16-19,23-25,28H,4-15,20-22H2,1-3H3/t25-,28+/m1/s1. The van der Waals surface area contributed by atoms with E-state index < -0.39 is 6.17 Å². The number of halogens is 1. The van der Waals surface area contributed by atoms with Gasteiger partial charge in [-0.3, -0.25) is 0 Å². The van der Waals surface area contributed by atoms with E-state index in [1.165, 1.54) is 69.8 Å². The molecule has 1 aromatic heterocycles. The summed E-state index contributed by atoms with van der Waals surface area (Å²) in [5, 5.41) is 0. The summed E-state index contributed by atoms with van der Waals surface area (Å²) in [6.45, 7) is 7.00. The van der Waals surface area contributed by atoms with Gasteiger partial charge in [0.1, 0.15) is 11.9 Å². The zero-order valence-corrected chi connectivity index (χ0v) is 21.9. The number of benzene rings is 1. The molecule has 2 atom stereocenters. The van der Waals surface area contributed by atoms with Gasteiger partial charge in [-0.05, 0) is 55.0 Å². The van der Waals surface area contributed by atoms with E-state index >= 15 is 0 Å². The fourth-order valence-electron chi connectivity index (χ4n) is 4.33. The number of unbranched alkanes of at least 4 members (excludes halogenated alkanes) is 8. The highest BCUT2D eigenvalue weighted by atomic mass is 19.1. The van der Waals surface area contributed by atoms with Gasteiger partial charge in [-0.2, -0.15) is 0 Å². The van der Waals surface area contributed by atoms with Crippen molar-refractivity contribution in [3.63, 3.8) is 0 Å². The highest BCUT2D eigenvalue weighted by Gasteiger charge is 2.12. The van der Waals surface area contributed by atoms with Crippen LogP contribution in [0.15, 0.2) is 36.7 Å². The van der Waals surface area contributed by atoms with Crippen molar-refractivity contribution in [2.45, 2.75) is 117 Å². The highest BCUT2D eigenvalue weighted by molar-refractivity contribution is 5.55. The first-order valence-corrected chi connectivity index (χ1v) is 13.8. The van der Waals surface area contributed by atoms with Gasteiger partial charge in [0.2, 0.25) is 0 Å². The first-order valence-electron chi connectivity index (χ1n) is 13.8. The fourth-order valence-corrected chi connectivity index (χ4v) is 4.33. The van der Waals surface area contributed by atoms with E-state index in [1.54, 1.807) is 0 Å². The number of aryl methyl sites for hydroxylation is 1. The van der Waals surface area contributed by atoms with Crippen molar-refractivity contribution >= 4 is 0 Å². The van der Waals surface area contributed by atoms with Gasteiger partial charge in [0, 0.05) is 24.4 Å². The molecule has 0 radical (unpaired) electrons. The monoisotopic (exact) mass is 470 g/mol. The van der Waals surface area contributed by atoms with Crippen LogP contribution in [0.25, 0.3) is 11.4 Å². The number of alkyl halides is 1. The molecule has 0 amide bonds. The van der Waals surface area contributed by atoms with Crippen LogP contribution >= 0.6 is 0 Å². The SMILES string of the molecule is CCCCCCCCCCc1cnc(-c2ccc(OCC[C@H](F)C[C@H](C)CCCC)cc2)nc1. The van der Waals surface area contributed by atoms with E-state index in [-0.39, 0.29) is 0 Å². The van der Waals surface area contributed by atoms with Crippen molar-refractivity contribution in [2.75, 3.05) is 6.61 Å². The zero-order valence-electron chi connectivity index (χ0n) is 21.9. The summed E-state index contributed by atoms with van der Waals surface area (Å²) in [5.74, 6) is 1.94. The van der Waals surface area contributed by atoms with Crippen LogP contribution in [0, 0.1) is 5.92 Å². The van der Waals surface area contributed by atoms with Crippen molar-refractivity contribution in [2.24, 2.45) is 5.92 Å². The second-order valence-corrected chi connectivity index (χ2v) is 9.88. The molecule has 4 heteroatoms. The van der Waals surface area contributed by atoms with Gasteiger partial charge >= 0.3 is 0 Å². The third-order valence-corrected chi connectivity index (χ3v) is 6.55. The third kappa shape index (κ3) is 11.9. The molecule has 0 spiro atoms. The first kappa shape index (κ1) is 28.3. The van der Waals surface area contributed by atoms with E-state index in [0.717, 1.165) is 30.0 Å². The van der Waals surface area contributed by atoms with Gasteiger partial charge in [-0.25, -0.2) is 14.4 Å². The Kier molecular flexibility index (Phi) is 14.5. The molecule has 0 saturated heterocycles. The predicted molar refractivity (Wildman–Crippen MR) is 142 cm³/mol. The minimum Gasteiger partial charge on any atom is -0.493 e. The topological polar surface area (TPSA) is 35.0 Å². The molecule has 0 aliphatic carbocycles. The van der Waals surface area contributed by atoms with Crippen LogP contribution in [0.5, 0.6) is 5.75 Å². The molecule has 1 aromatic carbocycles. The second-order valence-electron chi connectivity index (χ2n) is 9.88. The molecule has 0 unspecified atom stereocenters. The van der Waals surface area contributed by atoms with Crippen molar-refractivity contribution in [3.05, 3.63) is 42.2 Å². The van der Waals surface area contributed by atoms with Crippen LogP contribution in [0.2, 0.25) is 0 Å². The molecule has 0 N–H and O–H groups in total. The minimum atomic E-state index is -0.788. The van der Waals surface area contributed by atoms with Crippen LogP contribution in [0.4, 0.5) is 4.39 Å². The Bertz CT molecular complexity index is 747. The molecule has 190 valence electrons. The van der Waals surface area contributed by atoms with Crippen LogP contribution in [0.3, 0.4) is 0 Å². The number of rotatable bonds is 19. The van der Waals surface area contributed by atoms with Crippen LogP contribution < -0.4 is 4.74 Å². The van der Waals surface area contributed by atoms with Crippen molar-refractivity contribution < 1.29 is 9.13 Å². The van der Waals surface area contributed by atoms with Crippen LogP contribution in [-0.2, 0) is 6.42 Å². The molecule has 0 fully saturated rings. The Balaban J connectivity index is 1.66. The summed E-state index contributed by atoms with van der Waals surface area (Å²) in [7, 11) is 0. The molecular formula is C30H47FN2O. The van der Waals surface area contributed by atoms with Crippen LogP contribution in [0.1, 0.15) is 110 Å². The normalized spacial score (nSPS) is 13.1. The van der Waals surface area contributed by atoms with Crippen molar-refractivity contribution in [1.29, 1.82) is 0 Å². The summed E-state index contributed by atoms with van der Waals surface area (Å²) in [4.78, 5) is 9.12. The Hall–Kier alpha value is -1.97. The van der Waals surface area contributed by atoms with Gasteiger partial charge < -0.3 is 4.74 Å². The van der Waals surface area contributed by atoms with E-state index in [0.29, 0.717) is 25.4 Å². The van der Waals surface area contributed by atoms with E-state index in [2.05, 4.69) is 30.7 Å². The second kappa shape index (κ2) is 17.5. The van der Waals surface area contributed by atoms with Gasteiger partial charge in [0.15, 0.2) is 5.82 Å². The molecule has 0 aliphatic heterocycles. The molecule has 34 heavy (non-hydrogen) atoms. The number of nitrogens with zero attached hydrogens (tertiary/aromatic N) is 2. The molecule has 2 rings (SSSR count). The summed E-state index contributed by atoms with van der Waals surface area (Å²) in [6.07, 6.45) is 19.4. The molecular weight excluding hydrogens is 423 g/mol. The van der Waals surface area contributed by atoms with Gasteiger partial charge in [-0.1, -0.05) is 85.0 Å². The van der Waals surface area contributed by atoms with Crippen LogP contribution in [-0.4, -0.2) is 22.7 Å². The van der Waals surface area contributed by atoms with Gasteiger partial charge in [0.25, 0.3) is 0 Å². The average Bonchev–Trinajstić information content (AvgIpc) is 2.85. The first-order chi connectivity index (χ1) is 16.6. The maximum atomic E-state index is 14.2. The highest BCUT2D eigenvalue weighted by Crippen LogP contribution is 2.21. The lowest BCUT2D eigenvalue weighted by molar-refractivity contribution is 0.205. The largest absolute Gasteiger partial charge is 0.493 e. The maximum absolute atomic E-state index is 14.2. The van der Waals surface area contributed by atoms with E-state index in [4.69, 9.17) is 4.74 Å². The van der Waals surface area contributed by atoms with Gasteiger partial charge in [-0.15, -0.1) is 0 Å². The lowest BCUT2D eigenvalue weighted by Gasteiger charge is -2.15. The lowest BCUT2D eigenvalue weighted by Crippen LogP contribution is -2.11. The van der Waals surface area contributed by atoms with Crippen molar-refractivity contribution in [1.82, 2.24) is 9.97 Å². The van der Waals surface area contributed by atoms with Gasteiger partial charge in [0.05, 0.1) is 6.61 Å². The molecule has 3 nitrogen and oxygen atoms in total. The van der Waals surface area contributed by atoms with Crippen molar-refractivity contribution in [3.8, 4) is 17.1 Å². The summed E-state index contributed by atoms with van der Waals surface area (Å²) in [6, 6.07) is 7.79. The Labute approximate surface area is 208 Å². The summed E-state index contributed by atoms with van der Waals surface area (Å²) in [5.41, 5.74) is 2.18.